The Morgan fingerprint density at radius 2 is 2.18 bits per heavy atom. The summed E-state index contributed by atoms with van der Waals surface area (Å²) in [6, 6.07) is 3.32. The molecular formula is C15H21FN4O2. The zero-order valence-corrected chi connectivity index (χ0v) is 12.7. The number of rotatable bonds is 4. The number of likely N-dealkylation sites (tertiary alicyclic amines) is 1. The Hall–Kier alpha value is -2.15. The van der Waals surface area contributed by atoms with Gasteiger partial charge < -0.3 is 16.4 Å². The highest BCUT2D eigenvalue weighted by molar-refractivity contribution is 5.95. The number of hydrogen-bond donors (Lipinski definition) is 3. The molecule has 6 nitrogen and oxygen atoms in total. The van der Waals surface area contributed by atoms with E-state index in [4.69, 9.17) is 5.73 Å². The summed E-state index contributed by atoms with van der Waals surface area (Å²) >= 11 is 0. The van der Waals surface area contributed by atoms with Crippen LogP contribution >= 0.6 is 0 Å². The number of aryl methyl sites for hydroxylation is 1. The quantitative estimate of drug-likeness (QED) is 0.781. The molecule has 0 radical (unpaired) electrons. The molecule has 7 heteroatoms. The number of carbonyl (C=O) groups excluding carboxylic acids is 2. The van der Waals surface area contributed by atoms with Gasteiger partial charge in [-0.05, 0) is 38.0 Å². The van der Waals surface area contributed by atoms with Crippen LogP contribution in [0.4, 0.5) is 14.9 Å². The number of nitrogens with zero attached hydrogens (tertiary/aromatic N) is 1. The van der Waals surface area contributed by atoms with Crippen LogP contribution in [-0.4, -0.2) is 42.0 Å². The highest BCUT2D eigenvalue weighted by Gasteiger charge is 2.30. The average Bonchev–Trinajstić information content (AvgIpc) is 2.89. The number of amides is 3. The molecule has 1 saturated heterocycles. The molecule has 0 aliphatic carbocycles. The summed E-state index contributed by atoms with van der Waals surface area (Å²) < 4.78 is 13.3. The first-order valence-electron chi connectivity index (χ1n) is 7.24. The number of urea groups is 1. The highest BCUT2D eigenvalue weighted by atomic mass is 19.1. The molecule has 0 spiro atoms. The Morgan fingerprint density at radius 3 is 2.86 bits per heavy atom. The minimum Gasteiger partial charge on any atom is -0.352 e. The molecule has 1 aliphatic rings. The third-order valence-electron chi connectivity index (χ3n) is 3.95. The zero-order chi connectivity index (χ0) is 16.3. The Kier molecular flexibility index (Phi) is 4.97. The lowest BCUT2D eigenvalue weighted by Crippen LogP contribution is -2.44. The first kappa shape index (κ1) is 16.2. The molecule has 120 valence electrons. The van der Waals surface area contributed by atoms with Crippen LogP contribution in [0.1, 0.15) is 18.9 Å². The van der Waals surface area contributed by atoms with Crippen molar-refractivity contribution < 1.29 is 14.0 Å². The molecule has 4 N–H and O–H groups in total. The van der Waals surface area contributed by atoms with Crippen LogP contribution in [0.25, 0.3) is 0 Å². The SMILES string of the molecule is Cc1ccc(F)cc1NC(=O)[C@@H](C)N1CC[C@@H](NC(N)=O)C1. The summed E-state index contributed by atoms with van der Waals surface area (Å²) in [6.45, 7) is 4.86. The van der Waals surface area contributed by atoms with Crippen molar-refractivity contribution in [2.75, 3.05) is 18.4 Å². The molecule has 2 atom stereocenters. The van der Waals surface area contributed by atoms with E-state index < -0.39 is 6.03 Å². The molecule has 1 aromatic rings. The molecule has 1 aliphatic heterocycles. The van der Waals surface area contributed by atoms with Crippen molar-refractivity contribution in [1.29, 1.82) is 0 Å². The maximum atomic E-state index is 13.3. The molecule has 0 aromatic heterocycles. The van der Waals surface area contributed by atoms with Gasteiger partial charge in [-0.3, -0.25) is 9.69 Å². The minimum atomic E-state index is -0.556. The minimum absolute atomic E-state index is 0.0383. The van der Waals surface area contributed by atoms with E-state index in [-0.39, 0.29) is 23.8 Å². The molecule has 22 heavy (non-hydrogen) atoms. The van der Waals surface area contributed by atoms with Crippen LogP contribution in [0, 0.1) is 12.7 Å². The summed E-state index contributed by atoms with van der Waals surface area (Å²) in [6.07, 6.45) is 0.750. The van der Waals surface area contributed by atoms with Crippen molar-refractivity contribution in [2.24, 2.45) is 5.73 Å². The number of anilines is 1. The van der Waals surface area contributed by atoms with Crippen molar-refractivity contribution in [2.45, 2.75) is 32.4 Å². The summed E-state index contributed by atoms with van der Waals surface area (Å²) in [4.78, 5) is 25.1. The summed E-state index contributed by atoms with van der Waals surface area (Å²) in [5.74, 6) is -0.589. The van der Waals surface area contributed by atoms with Crippen LogP contribution in [0.15, 0.2) is 18.2 Å². The predicted molar refractivity (Wildman–Crippen MR) is 81.9 cm³/mol. The van der Waals surface area contributed by atoms with Crippen molar-refractivity contribution in [3.05, 3.63) is 29.6 Å². The van der Waals surface area contributed by atoms with Gasteiger partial charge >= 0.3 is 6.03 Å². The summed E-state index contributed by atoms with van der Waals surface area (Å²) in [5, 5.41) is 5.40. The Labute approximate surface area is 128 Å². The predicted octanol–water partition coefficient (Wildman–Crippen LogP) is 1.20. The third kappa shape index (κ3) is 3.94. The Morgan fingerprint density at radius 1 is 1.45 bits per heavy atom. The van der Waals surface area contributed by atoms with Crippen LogP contribution in [0.3, 0.4) is 0 Å². The van der Waals surface area contributed by atoms with E-state index in [1.165, 1.54) is 12.1 Å². The van der Waals surface area contributed by atoms with Crippen molar-refractivity contribution in [3.63, 3.8) is 0 Å². The van der Waals surface area contributed by atoms with E-state index in [1.54, 1.807) is 13.0 Å². The van der Waals surface area contributed by atoms with Gasteiger partial charge in [0.05, 0.1) is 6.04 Å². The maximum absolute atomic E-state index is 13.3. The number of hydrogen-bond acceptors (Lipinski definition) is 3. The third-order valence-corrected chi connectivity index (χ3v) is 3.95. The van der Waals surface area contributed by atoms with E-state index in [2.05, 4.69) is 10.6 Å². The molecule has 1 fully saturated rings. The first-order valence-corrected chi connectivity index (χ1v) is 7.24. The van der Waals surface area contributed by atoms with Crippen LogP contribution < -0.4 is 16.4 Å². The second-order valence-electron chi connectivity index (χ2n) is 5.61. The van der Waals surface area contributed by atoms with Crippen molar-refractivity contribution >= 4 is 17.6 Å². The number of primary amides is 1. The van der Waals surface area contributed by atoms with Gasteiger partial charge in [0.1, 0.15) is 5.82 Å². The Bertz CT molecular complexity index is 579. The monoisotopic (exact) mass is 308 g/mol. The lowest BCUT2D eigenvalue weighted by atomic mass is 10.2. The fraction of sp³-hybridized carbons (Fsp3) is 0.467. The van der Waals surface area contributed by atoms with E-state index in [9.17, 15) is 14.0 Å². The number of nitrogens with one attached hydrogen (secondary N) is 2. The van der Waals surface area contributed by atoms with Crippen molar-refractivity contribution in [1.82, 2.24) is 10.2 Å². The Balaban J connectivity index is 1.95. The van der Waals surface area contributed by atoms with E-state index in [0.717, 1.165) is 12.0 Å². The van der Waals surface area contributed by atoms with Crippen LogP contribution in [-0.2, 0) is 4.79 Å². The van der Waals surface area contributed by atoms with Gasteiger partial charge in [-0.25, -0.2) is 9.18 Å². The van der Waals surface area contributed by atoms with Gasteiger partial charge in [-0.15, -0.1) is 0 Å². The molecule has 0 bridgehead atoms. The number of nitrogens with two attached hydrogens (primary N) is 1. The van der Waals surface area contributed by atoms with Gasteiger partial charge in [-0.2, -0.15) is 0 Å². The van der Waals surface area contributed by atoms with Gasteiger partial charge in [0.25, 0.3) is 0 Å². The molecule has 1 aromatic carbocycles. The van der Waals surface area contributed by atoms with E-state index >= 15 is 0 Å². The number of carbonyl (C=O) groups is 2. The van der Waals surface area contributed by atoms with Gasteiger partial charge in [-0.1, -0.05) is 6.07 Å². The van der Waals surface area contributed by atoms with Crippen LogP contribution in [0.5, 0.6) is 0 Å². The van der Waals surface area contributed by atoms with Gasteiger partial charge in [0, 0.05) is 24.8 Å². The van der Waals surface area contributed by atoms with Crippen LogP contribution in [0.2, 0.25) is 0 Å². The highest BCUT2D eigenvalue weighted by Crippen LogP contribution is 2.18. The first-order chi connectivity index (χ1) is 10.4. The van der Waals surface area contributed by atoms with E-state index in [1.807, 2.05) is 11.8 Å². The second-order valence-corrected chi connectivity index (χ2v) is 5.61. The van der Waals surface area contributed by atoms with E-state index in [0.29, 0.717) is 18.8 Å². The van der Waals surface area contributed by atoms with Gasteiger partial charge in [0.2, 0.25) is 5.91 Å². The lowest BCUT2D eigenvalue weighted by molar-refractivity contribution is -0.120. The smallest absolute Gasteiger partial charge is 0.312 e. The van der Waals surface area contributed by atoms with Crippen molar-refractivity contribution in [3.8, 4) is 0 Å². The van der Waals surface area contributed by atoms with Gasteiger partial charge in [0.15, 0.2) is 0 Å². The fourth-order valence-electron chi connectivity index (χ4n) is 2.59. The zero-order valence-electron chi connectivity index (χ0n) is 12.7. The normalized spacial score (nSPS) is 19.7. The molecular weight excluding hydrogens is 287 g/mol. The molecule has 1 heterocycles. The topological polar surface area (TPSA) is 87.5 Å². The summed E-state index contributed by atoms with van der Waals surface area (Å²) in [7, 11) is 0. The molecule has 3 amide bonds. The second kappa shape index (κ2) is 6.74. The largest absolute Gasteiger partial charge is 0.352 e. The lowest BCUT2D eigenvalue weighted by Gasteiger charge is -2.23. The summed E-state index contributed by atoms with van der Waals surface area (Å²) in [5.41, 5.74) is 6.38. The fourth-order valence-corrected chi connectivity index (χ4v) is 2.59. The molecule has 0 unspecified atom stereocenters. The standard InChI is InChI=1S/C15H21FN4O2/c1-9-3-4-11(16)7-13(9)19-14(21)10(2)20-6-5-12(8-20)18-15(17)22/h3-4,7,10,12H,5-6,8H2,1-2H3,(H,19,21)(H3,17,18,22)/t10-,12-/m1/s1. The maximum Gasteiger partial charge on any atom is 0.312 e. The molecule has 2 rings (SSSR count). The number of benzene rings is 1. The average molecular weight is 308 g/mol. The number of halogens is 1. The molecule has 0 saturated carbocycles.